The molecule has 0 bridgehead atoms. The van der Waals surface area contributed by atoms with Crippen molar-refractivity contribution >= 4 is 5.78 Å². The molecule has 1 aliphatic heterocycles. The van der Waals surface area contributed by atoms with E-state index in [1.54, 1.807) is 13.0 Å². The van der Waals surface area contributed by atoms with Crippen LogP contribution in [0.25, 0.3) is 0 Å². The molecule has 1 fully saturated rings. The second kappa shape index (κ2) is 9.00. The zero-order valence-corrected chi connectivity index (χ0v) is 16.9. The van der Waals surface area contributed by atoms with Crippen molar-refractivity contribution in [3.8, 4) is 0 Å². The molecule has 0 aliphatic carbocycles. The summed E-state index contributed by atoms with van der Waals surface area (Å²) in [5.41, 5.74) is 1.17. The Hall–Kier alpha value is -0.870. The molecular formula is C20H38N2O2. The number of nitrogens with zero attached hydrogens (tertiary/aromatic N) is 1. The first kappa shape index (κ1) is 21.2. The molecule has 0 amide bonds. The minimum Gasteiger partial charge on any atom is -0.386 e. The smallest absolute Gasteiger partial charge is 0.154 e. The van der Waals surface area contributed by atoms with Gasteiger partial charge in [-0.25, -0.2) is 0 Å². The van der Waals surface area contributed by atoms with Gasteiger partial charge in [0.15, 0.2) is 5.78 Å². The summed E-state index contributed by atoms with van der Waals surface area (Å²) in [7, 11) is 0. The van der Waals surface area contributed by atoms with Gasteiger partial charge in [0.2, 0.25) is 0 Å². The number of rotatable bonds is 9. The van der Waals surface area contributed by atoms with Gasteiger partial charge in [0, 0.05) is 36.0 Å². The van der Waals surface area contributed by atoms with Gasteiger partial charge < -0.3 is 10.1 Å². The number of nitrogens with one attached hydrogen (secondary N) is 1. The zero-order valence-electron chi connectivity index (χ0n) is 16.9. The molecule has 0 aromatic rings. The maximum Gasteiger partial charge on any atom is 0.154 e. The molecule has 1 saturated heterocycles. The van der Waals surface area contributed by atoms with E-state index in [9.17, 15) is 4.79 Å². The predicted molar refractivity (Wildman–Crippen MR) is 101 cm³/mol. The average molecular weight is 339 g/mol. The van der Waals surface area contributed by atoms with Crippen LogP contribution in [0.5, 0.6) is 0 Å². The molecule has 1 N–H and O–H groups in total. The molecule has 0 spiro atoms. The zero-order chi connectivity index (χ0) is 18.4. The molecule has 0 atom stereocenters. The van der Waals surface area contributed by atoms with Gasteiger partial charge in [-0.15, -0.1) is 0 Å². The van der Waals surface area contributed by atoms with E-state index in [1.807, 2.05) is 6.92 Å². The van der Waals surface area contributed by atoms with Crippen molar-refractivity contribution in [1.82, 2.24) is 10.2 Å². The third-order valence-corrected chi connectivity index (χ3v) is 4.91. The number of piperidine rings is 1. The van der Waals surface area contributed by atoms with Crippen molar-refractivity contribution < 1.29 is 9.53 Å². The van der Waals surface area contributed by atoms with E-state index < -0.39 is 0 Å². The molecule has 4 nitrogen and oxygen atoms in total. The number of unbranched alkanes of at least 4 members (excludes halogenated alkanes) is 1. The van der Waals surface area contributed by atoms with E-state index >= 15 is 0 Å². The molecular weight excluding hydrogens is 300 g/mol. The maximum absolute atomic E-state index is 11.3. The van der Waals surface area contributed by atoms with Crippen LogP contribution in [0, 0.1) is 0 Å². The molecule has 0 saturated carbocycles. The minimum absolute atomic E-state index is 0.0974. The highest BCUT2D eigenvalue weighted by atomic mass is 16.5. The van der Waals surface area contributed by atoms with E-state index in [1.165, 1.54) is 6.42 Å². The fourth-order valence-corrected chi connectivity index (χ4v) is 4.20. The Morgan fingerprint density at radius 1 is 1.17 bits per heavy atom. The Labute approximate surface area is 149 Å². The van der Waals surface area contributed by atoms with E-state index in [4.69, 9.17) is 4.74 Å². The van der Waals surface area contributed by atoms with Crippen molar-refractivity contribution in [1.29, 1.82) is 0 Å². The summed E-state index contributed by atoms with van der Waals surface area (Å²) in [4.78, 5) is 13.8. The van der Waals surface area contributed by atoms with E-state index in [0.29, 0.717) is 6.04 Å². The molecule has 0 aromatic heterocycles. The van der Waals surface area contributed by atoms with E-state index in [0.717, 1.165) is 44.7 Å². The highest BCUT2D eigenvalue weighted by molar-refractivity contribution is 5.87. The lowest BCUT2D eigenvalue weighted by Gasteiger charge is -2.55. The molecule has 0 unspecified atom stereocenters. The van der Waals surface area contributed by atoms with Gasteiger partial charge in [-0.05, 0) is 66.9 Å². The van der Waals surface area contributed by atoms with Crippen LogP contribution in [-0.2, 0) is 9.53 Å². The molecule has 1 aliphatic rings. The van der Waals surface area contributed by atoms with Gasteiger partial charge in [0.25, 0.3) is 0 Å². The SMILES string of the molecule is CCCCOCCN1C(C)(C)CC(N/C(C)=C\C(C)=O)CC1(C)C. The summed E-state index contributed by atoms with van der Waals surface area (Å²) in [6.07, 6.45) is 6.14. The number of likely N-dealkylation sites (tertiary alicyclic amines) is 1. The fourth-order valence-electron chi connectivity index (χ4n) is 4.20. The third kappa shape index (κ3) is 6.56. The van der Waals surface area contributed by atoms with Crippen molar-refractivity contribution in [3.05, 3.63) is 11.8 Å². The van der Waals surface area contributed by atoms with Crippen molar-refractivity contribution in [2.45, 2.75) is 91.3 Å². The summed E-state index contributed by atoms with van der Waals surface area (Å²) in [5.74, 6) is 0.0974. The van der Waals surface area contributed by atoms with Gasteiger partial charge in [-0.3, -0.25) is 9.69 Å². The number of carbonyl (C=O) groups excluding carboxylic acids is 1. The monoisotopic (exact) mass is 338 g/mol. The van der Waals surface area contributed by atoms with Crippen molar-refractivity contribution in [2.75, 3.05) is 19.8 Å². The highest BCUT2D eigenvalue weighted by Crippen LogP contribution is 2.38. The van der Waals surface area contributed by atoms with Crippen LogP contribution in [0.1, 0.15) is 74.1 Å². The standard InChI is InChI=1S/C20H38N2O2/c1-8-9-11-24-12-10-22-19(4,5)14-18(15-20(22,6)7)21-16(2)13-17(3)23/h13,18,21H,8-12,14-15H2,1-7H3/b16-13-. The van der Waals surface area contributed by atoms with Gasteiger partial charge in [-0.1, -0.05) is 13.3 Å². The fraction of sp³-hybridized carbons (Fsp3) is 0.850. The summed E-state index contributed by atoms with van der Waals surface area (Å²) in [5, 5.41) is 3.55. The second-order valence-corrected chi connectivity index (χ2v) is 8.43. The second-order valence-electron chi connectivity index (χ2n) is 8.43. The number of allylic oxidation sites excluding steroid dienone is 2. The number of ketones is 1. The average Bonchev–Trinajstić information content (AvgIpc) is 2.38. The van der Waals surface area contributed by atoms with Crippen LogP contribution in [0.4, 0.5) is 0 Å². The molecule has 140 valence electrons. The number of hydrogen-bond donors (Lipinski definition) is 1. The number of carbonyl (C=O) groups is 1. The summed E-state index contributed by atoms with van der Waals surface area (Å²) in [6.45, 7) is 17.7. The van der Waals surface area contributed by atoms with E-state index in [-0.39, 0.29) is 16.9 Å². The Balaban J connectivity index is 2.67. The van der Waals surface area contributed by atoms with Crippen LogP contribution >= 0.6 is 0 Å². The summed E-state index contributed by atoms with van der Waals surface area (Å²) < 4.78 is 5.79. The van der Waals surface area contributed by atoms with Gasteiger partial charge in [-0.2, -0.15) is 0 Å². The minimum atomic E-state index is 0.0974. The van der Waals surface area contributed by atoms with Crippen LogP contribution in [0.15, 0.2) is 11.8 Å². The molecule has 1 heterocycles. The Morgan fingerprint density at radius 2 is 1.75 bits per heavy atom. The van der Waals surface area contributed by atoms with Crippen LogP contribution in [-0.4, -0.2) is 47.6 Å². The maximum atomic E-state index is 11.3. The Morgan fingerprint density at radius 3 is 2.25 bits per heavy atom. The lowest BCUT2D eigenvalue weighted by molar-refractivity contribution is -0.112. The van der Waals surface area contributed by atoms with Crippen LogP contribution in [0.2, 0.25) is 0 Å². The number of ether oxygens (including phenoxy) is 1. The lowest BCUT2D eigenvalue weighted by atomic mass is 9.77. The summed E-state index contributed by atoms with van der Waals surface area (Å²) >= 11 is 0. The van der Waals surface area contributed by atoms with Gasteiger partial charge >= 0.3 is 0 Å². The Bertz CT molecular complexity index is 423. The normalized spacial score (nSPS) is 21.7. The first-order valence-corrected chi connectivity index (χ1v) is 9.39. The van der Waals surface area contributed by atoms with Crippen molar-refractivity contribution in [2.24, 2.45) is 0 Å². The highest BCUT2D eigenvalue weighted by Gasteiger charge is 2.44. The van der Waals surface area contributed by atoms with Crippen molar-refractivity contribution in [3.63, 3.8) is 0 Å². The topological polar surface area (TPSA) is 41.6 Å². The lowest BCUT2D eigenvalue weighted by Crippen LogP contribution is -2.64. The van der Waals surface area contributed by atoms with Crippen LogP contribution < -0.4 is 5.32 Å². The molecule has 24 heavy (non-hydrogen) atoms. The third-order valence-electron chi connectivity index (χ3n) is 4.91. The molecule has 1 rings (SSSR count). The largest absolute Gasteiger partial charge is 0.386 e. The first-order valence-electron chi connectivity index (χ1n) is 9.39. The quantitative estimate of drug-likeness (QED) is 0.511. The predicted octanol–water partition coefficient (Wildman–Crippen LogP) is 3.91. The Kier molecular flexibility index (Phi) is 7.94. The van der Waals surface area contributed by atoms with Crippen LogP contribution in [0.3, 0.4) is 0 Å². The molecule has 0 radical (unpaired) electrons. The molecule has 4 heteroatoms. The first-order chi connectivity index (χ1) is 11.1. The van der Waals surface area contributed by atoms with Gasteiger partial charge in [0.05, 0.1) is 6.61 Å². The number of hydrogen-bond acceptors (Lipinski definition) is 4. The summed E-state index contributed by atoms with van der Waals surface area (Å²) in [6, 6.07) is 0.392. The van der Waals surface area contributed by atoms with E-state index in [2.05, 4.69) is 44.8 Å². The molecule has 0 aromatic carbocycles. The van der Waals surface area contributed by atoms with Gasteiger partial charge in [0.1, 0.15) is 0 Å².